The summed E-state index contributed by atoms with van der Waals surface area (Å²) in [6.07, 6.45) is 3.20. The van der Waals surface area contributed by atoms with Crippen molar-refractivity contribution >= 4 is 32.5 Å². The molecule has 12 nitrogen and oxygen atoms in total. The number of piperidine rings is 1. The van der Waals surface area contributed by atoms with Crippen molar-refractivity contribution in [3.05, 3.63) is 47.2 Å². The largest absolute Gasteiger partial charge is 0.467 e. The summed E-state index contributed by atoms with van der Waals surface area (Å²) in [5.74, 6) is -0.781. The van der Waals surface area contributed by atoms with Gasteiger partial charge in [0, 0.05) is 63.3 Å². The van der Waals surface area contributed by atoms with Gasteiger partial charge in [-0.25, -0.2) is 17.9 Å². The van der Waals surface area contributed by atoms with Crippen LogP contribution in [-0.4, -0.2) is 100 Å². The van der Waals surface area contributed by atoms with Gasteiger partial charge in [0.15, 0.2) is 18.4 Å². The van der Waals surface area contributed by atoms with E-state index in [4.69, 9.17) is 24.2 Å². The molecule has 4 saturated heterocycles. The highest BCUT2D eigenvalue weighted by Crippen LogP contribution is 2.42. The van der Waals surface area contributed by atoms with Crippen LogP contribution in [0.25, 0.3) is 10.8 Å². The van der Waals surface area contributed by atoms with E-state index in [9.17, 15) is 17.2 Å². The number of halogens is 3. The third-order valence-electron chi connectivity index (χ3n) is 10.7. The van der Waals surface area contributed by atoms with Crippen LogP contribution in [-0.2, 0) is 27.9 Å². The Morgan fingerprint density at radius 3 is 2.73 bits per heavy atom. The van der Waals surface area contributed by atoms with Crippen molar-refractivity contribution in [2.75, 3.05) is 69.6 Å². The molecule has 0 aliphatic carbocycles. The Hall–Kier alpha value is -3.44. The summed E-state index contributed by atoms with van der Waals surface area (Å²) in [4.78, 5) is 16.0. The topological polar surface area (TPSA) is 121 Å². The number of benzene rings is 2. The van der Waals surface area contributed by atoms with Gasteiger partial charge < -0.3 is 24.0 Å². The van der Waals surface area contributed by atoms with Gasteiger partial charge in [-0.15, -0.1) is 0 Å². The van der Waals surface area contributed by atoms with Gasteiger partial charge in [-0.1, -0.05) is 6.07 Å². The predicted molar refractivity (Wildman–Crippen MR) is 176 cm³/mol. The molecule has 16 heteroatoms. The van der Waals surface area contributed by atoms with Crippen molar-refractivity contribution < 1.29 is 35.8 Å². The molecule has 2 N–H and O–H groups in total. The number of hydrogen-bond donors (Lipinski definition) is 2. The Bertz CT molecular complexity index is 1890. The standard InChI is InChI=1S/C33H40F3N7O5S/c1-46-20-48-23-12-21-4-5-25(35)29(36)28(21)27(13-23)41-11-6-24-26(16-41)38-31(47-19-33-8-3-10-43(33)15-22(34)14-33)39-30(24)42-9-2-7-32(18-42)17-37-49(44,45)40-32/h4-5,12-13,22,37,40H,2-3,6-11,14-20H2,1H3/t22-,32?,33+/m1/s1. The van der Waals surface area contributed by atoms with E-state index in [1.807, 2.05) is 4.90 Å². The van der Waals surface area contributed by atoms with E-state index in [2.05, 4.69) is 19.2 Å². The molecule has 0 amide bonds. The first-order valence-electron chi connectivity index (χ1n) is 16.8. The zero-order valence-electron chi connectivity index (χ0n) is 27.3. The third kappa shape index (κ3) is 6.04. The van der Waals surface area contributed by atoms with Crippen molar-refractivity contribution in [2.24, 2.45) is 0 Å². The Balaban J connectivity index is 1.16. The fourth-order valence-corrected chi connectivity index (χ4v) is 9.85. The number of aromatic nitrogens is 2. The average Bonchev–Trinajstić information content (AvgIpc) is 3.71. The summed E-state index contributed by atoms with van der Waals surface area (Å²) >= 11 is 0. The first-order valence-corrected chi connectivity index (χ1v) is 18.3. The van der Waals surface area contributed by atoms with Gasteiger partial charge in [-0.05, 0) is 56.2 Å². The SMILES string of the molecule is COCOc1cc(N2CCc3c(nc(OC[C@@]45CCCN4C[C@H](F)C5)nc3N3CCCC4(CNS(=O)(=O)N4)C3)C2)c2c(F)c(F)ccc2c1. The Kier molecular flexibility index (Phi) is 8.29. The van der Waals surface area contributed by atoms with Crippen LogP contribution in [0.4, 0.5) is 24.7 Å². The summed E-state index contributed by atoms with van der Waals surface area (Å²) in [5.41, 5.74) is 0.931. The molecule has 49 heavy (non-hydrogen) atoms. The second kappa shape index (κ2) is 12.4. The van der Waals surface area contributed by atoms with Gasteiger partial charge in [0.1, 0.15) is 24.3 Å². The second-order valence-corrected chi connectivity index (χ2v) is 15.5. The lowest BCUT2D eigenvalue weighted by Crippen LogP contribution is -2.57. The van der Waals surface area contributed by atoms with E-state index in [0.717, 1.165) is 37.4 Å². The van der Waals surface area contributed by atoms with Crippen molar-refractivity contribution in [2.45, 2.75) is 62.3 Å². The van der Waals surface area contributed by atoms with E-state index < -0.39 is 39.1 Å². The first kappa shape index (κ1) is 32.7. The van der Waals surface area contributed by atoms with E-state index in [0.29, 0.717) is 73.8 Å². The van der Waals surface area contributed by atoms with Gasteiger partial charge in [0.2, 0.25) is 0 Å². The molecule has 0 bridgehead atoms. The van der Waals surface area contributed by atoms with E-state index in [-0.39, 0.29) is 37.9 Å². The summed E-state index contributed by atoms with van der Waals surface area (Å²) < 4.78 is 91.9. The lowest BCUT2D eigenvalue weighted by Gasteiger charge is -2.41. The molecule has 1 unspecified atom stereocenters. The Morgan fingerprint density at radius 2 is 1.92 bits per heavy atom. The molecule has 264 valence electrons. The minimum Gasteiger partial charge on any atom is -0.467 e. The quantitative estimate of drug-likeness (QED) is 0.339. The fourth-order valence-electron chi connectivity index (χ4n) is 8.51. The number of fused-ring (bicyclic) bond motifs is 3. The van der Waals surface area contributed by atoms with Crippen LogP contribution < -0.4 is 28.7 Å². The zero-order chi connectivity index (χ0) is 34.0. The first-order chi connectivity index (χ1) is 23.6. The van der Waals surface area contributed by atoms with E-state index in [1.165, 1.54) is 13.2 Å². The van der Waals surface area contributed by atoms with Gasteiger partial charge in [0.05, 0.1) is 29.0 Å². The van der Waals surface area contributed by atoms with Crippen LogP contribution in [0.1, 0.15) is 43.4 Å². The van der Waals surface area contributed by atoms with Crippen LogP contribution in [0.5, 0.6) is 11.8 Å². The molecule has 0 saturated carbocycles. The molecule has 3 aromatic rings. The van der Waals surface area contributed by atoms with Gasteiger partial charge >= 0.3 is 6.01 Å². The maximum atomic E-state index is 15.4. The third-order valence-corrected chi connectivity index (χ3v) is 12.0. The number of nitrogens with zero attached hydrogens (tertiary/aromatic N) is 5. The van der Waals surface area contributed by atoms with E-state index >= 15 is 4.39 Å². The van der Waals surface area contributed by atoms with Crippen molar-refractivity contribution in [3.63, 3.8) is 0 Å². The monoisotopic (exact) mass is 703 g/mol. The zero-order valence-corrected chi connectivity index (χ0v) is 28.1. The summed E-state index contributed by atoms with van der Waals surface area (Å²) in [6.45, 7) is 3.49. The van der Waals surface area contributed by atoms with Gasteiger partial charge in [-0.3, -0.25) is 4.90 Å². The highest BCUT2D eigenvalue weighted by atomic mass is 32.2. The molecule has 1 aromatic heterocycles. The molecule has 5 aliphatic rings. The molecular weight excluding hydrogens is 663 g/mol. The summed E-state index contributed by atoms with van der Waals surface area (Å²) in [5, 5.41) is 0.621. The molecule has 5 aliphatic heterocycles. The summed E-state index contributed by atoms with van der Waals surface area (Å²) in [7, 11) is -2.09. The molecular formula is C33H40F3N7O5S. The average molecular weight is 704 g/mol. The van der Waals surface area contributed by atoms with Crippen LogP contribution in [0, 0.1) is 11.6 Å². The predicted octanol–water partition coefficient (Wildman–Crippen LogP) is 3.19. The number of methoxy groups -OCH3 is 1. The minimum atomic E-state index is -3.59. The van der Waals surface area contributed by atoms with Gasteiger partial charge in [-0.2, -0.15) is 23.1 Å². The van der Waals surface area contributed by atoms with E-state index in [1.54, 1.807) is 12.1 Å². The maximum absolute atomic E-state index is 15.4. The molecule has 2 aromatic carbocycles. The van der Waals surface area contributed by atoms with Crippen LogP contribution in [0.15, 0.2) is 24.3 Å². The normalized spacial score (nSPS) is 28.0. The number of hydrogen-bond acceptors (Lipinski definition) is 10. The molecule has 6 heterocycles. The number of alkyl halides is 1. The van der Waals surface area contributed by atoms with Crippen LogP contribution >= 0.6 is 0 Å². The maximum Gasteiger partial charge on any atom is 0.318 e. The highest BCUT2D eigenvalue weighted by molar-refractivity contribution is 7.87. The highest BCUT2D eigenvalue weighted by Gasteiger charge is 2.50. The number of ether oxygens (including phenoxy) is 3. The molecule has 0 radical (unpaired) electrons. The van der Waals surface area contributed by atoms with Crippen LogP contribution in [0.3, 0.4) is 0 Å². The van der Waals surface area contributed by atoms with Gasteiger partial charge in [0.25, 0.3) is 10.2 Å². The molecule has 8 rings (SSSR count). The Labute approximate surface area is 283 Å². The minimum absolute atomic E-state index is 0.0141. The molecule has 3 atom stereocenters. The number of nitrogens with one attached hydrogen (secondary N) is 2. The number of anilines is 2. The molecule has 1 spiro atoms. The molecule has 4 fully saturated rings. The fraction of sp³-hybridized carbons (Fsp3) is 0.576. The smallest absolute Gasteiger partial charge is 0.318 e. The van der Waals surface area contributed by atoms with Crippen molar-refractivity contribution in [3.8, 4) is 11.8 Å². The lowest BCUT2D eigenvalue weighted by atomic mass is 9.89. The van der Waals surface area contributed by atoms with Crippen molar-refractivity contribution in [1.29, 1.82) is 0 Å². The van der Waals surface area contributed by atoms with Crippen molar-refractivity contribution in [1.82, 2.24) is 24.3 Å². The second-order valence-electron chi connectivity index (χ2n) is 14.0. The Morgan fingerprint density at radius 1 is 1.06 bits per heavy atom. The number of rotatable bonds is 8. The lowest BCUT2D eigenvalue weighted by molar-refractivity contribution is 0.0512. The van der Waals surface area contributed by atoms with Crippen LogP contribution in [0.2, 0.25) is 0 Å². The summed E-state index contributed by atoms with van der Waals surface area (Å²) in [6, 6.07) is 6.11.